The Balaban J connectivity index is 2.13. The van der Waals surface area contributed by atoms with Crippen LogP contribution < -0.4 is 4.74 Å². The SMILES string of the molecule is CCOc1cc(-c2ccccc2C)nc(-c2ccc(Cl)cc2)n1. The predicted molar refractivity (Wildman–Crippen MR) is 93.8 cm³/mol. The van der Waals surface area contributed by atoms with Gasteiger partial charge in [-0.3, -0.25) is 0 Å². The van der Waals surface area contributed by atoms with Crippen LogP contribution in [-0.4, -0.2) is 16.6 Å². The highest BCUT2D eigenvalue weighted by Crippen LogP contribution is 2.28. The smallest absolute Gasteiger partial charge is 0.217 e. The molecule has 0 saturated heterocycles. The summed E-state index contributed by atoms with van der Waals surface area (Å²) in [4.78, 5) is 9.21. The summed E-state index contributed by atoms with van der Waals surface area (Å²) >= 11 is 5.96. The molecule has 23 heavy (non-hydrogen) atoms. The lowest BCUT2D eigenvalue weighted by molar-refractivity contribution is 0.327. The number of aromatic nitrogens is 2. The summed E-state index contributed by atoms with van der Waals surface area (Å²) in [5.41, 5.74) is 4.00. The van der Waals surface area contributed by atoms with E-state index in [9.17, 15) is 0 Å². The molecule has 0 fully saturated rings. The molecule has 0 aliphatic carbocycles. The maximum Gasteiger partial charge on any atom is 0.217 e. The molecular formula is C19H17ClN2O. The maximum absolute atomic E-state index is 5.96. The number of rotatable bonds is 4. The maximum atomic E-state index is 5.96. The molecule has 0 spiro atoms. The molecule has 0 unspecified atom stereocenters. The highest BCUT2D eigenvalue weighted by Gasteiger charge is 2.11. The monoisotopic (exact) mass is 324 g/mol. The van der Waals surface area contributed by atoms with E-state index in [0.29, 0.717) is 23.3 Å². The quantitative estimate of drug-likeness (QED) is 0.664. The summed E-state index contributed by atoms with van der Waals surface area (Å²) in [7, 11) is 0. The third-order valence-electron chi connectivity index (χ3n) is 3.52. The molecule has 0 amide bonds. The average molecular weight is 325 g/mol. The van der Waals surface area contributed by atoms with Crippen molar-refractivity contribution >= 4 is 11.6 Å². The van der Waals surface area contributed by atoms with E-state index in [1.807, 2.05) is 49.4 Å². The number of aryl methyl sites for hydroxylation is 1. The molecule has 1 aromatic heterocycles. The van der Waals surface area contributed by atoms with Crippen molar-refractivity contribution in [2.24, 2.45) is 0 Å². The molecule has 0 aliphatic heterocycles. The molecule has 0 N–H and O–H groups in total. The highest BCUT2D eigenvalue weighted by molar-refractivity contribution is 6.30. The van der Waals surface area contributed by atoms with E-state index >= 15 is 0 Å². The number of nitrogens with zero attached hydrogens (tertiary/aromatic N) is 2. The molecule has 0 aliphatic rings. The Morgan fingerprint density at radius 3 is 2.43 bits per heavy atom. The minimum atomic E-state index is 0.560. The van der Waals surface area contributed by atoms with Gasteiger partial charge in [0.1, 0.15) is 0 Å². The Labute approximate surface area is 140 Å². The molecule has 2 aromatic carbocycles. The number of benzene rings is 2. The number of hydrogen-bond acceptors (Lipinski definition) is 3. The van der Waals surface area contributed by atoms with Crippen molar-refractivity contribution in [3.8, 4) is 28.5 Å². The lowest BCUT2D eigenvalue weighted by atomic mass is 10.1. The van der Waals surface area contributed by atoms with Crippen molar-refractivity contribution in [3.63, 3.8) is 0 Å². The van der Waals surface area contributed by atoms with E-state index in [0.717, 1.165) is 22.4 Å². The number of ether oxygens (including phenoxy) is 1. The van der Waals surface area contributed by atoms with Crippen LogP contribution in [0.15, 0.2) is 54.6 Å². The van der Waals surface area contributed by atoms with Crippen LogP contribution in [0, 0.1) is 6.92 Å². The Kier molecular flexibility index (Phi) is 4.58. The van der Waals surface area contributed by atoms with E-state index in [1.165, 1.54) is 0 Å². The third kappa shape index (κ3) is 3.51. The van der Waals surface area contributed by atoms with Gasteiger partial charge in [-0.25, -0.2) is 4.98 Å². The van der Waals surface area contributed by atoms with Crippen LogP contribution in [0.3, 0.4) is 0 Å². The third-order valence-corrected chi connectivity index (χ3v) is 3.77. The Bertz CT molecular complexity index is 816. The van der Waals surface area contributed by atoms with E-state index in [4.69, 9.17) is 21.3 Å². The number of hydrogen-bond donors (Lipinski definition) is 0. The highest BCUT2D eigenvalue weighted by atomic mass is 35.5. The van der Waals surface area contributed by atoms with Gasteiger partial charge in [-0.1, -0.05) is 35.9 Å². The molecule has 3 rings (SSSR count). The Morgan fingerprint density at radius 1 is 1.00 bits per heavy atom. The average Bonchev–Trinajstić information content (AvgIpc) is 2.56. The van der Waals surface area contributed by atoms with Crippen LogP contribution >= 0.6 is 11.6 Å². The van der Waals surface area contributed by atoms with E-state index in [1.54, 1.807) is 0 Å². The van der Waals surface area contributed by atoms with Crippen LogP contribution in [0.25, 0.3) is 22.6 Å². The molecule has 3 nitrogen and oxygen atoms in total. The number of halogens is 1. The van der Waals surface area contributed by atoms with Gasteiger partial charge in [0.05, 0.1) is 12.3 Å². The summed E-state index contributed by atoms with van der Waals surface area (Å²) < 4.78 is 5.62. The fourth-order valence-corrected chi connectivity index (χ4v) is 2.50. The van der Waals surface area contributed by atoms with E-state index in [2.05, 4.69) is 24.0 Å². The minimum Gasteiger partial charge on any atom is -0.478 e. The van der Waals surface area contributed by atoms with Gasteiger partial charge >= 0.3 is 0 Å². The summed E-state index contributed by atoms with van der Waals surface area (Å²) in [6, 6.07) is 17.5. The first-order valence-corrected chi connectivity index (χ1v) is 7.89. The van der Waals surface area contributed by atoms with Crippen LogP contribution in [0.1, 0.15) is 12.5 Å². The molecule has 116 valence electrons. The van der Waals surface area contributed by atoms with Crippen LogP contribution in [-0.2, 0) is 0 Å². The summed E-state index contributed by atoms with van der Waals surface area (Å²) in [5, 5.41) is 0.689. The fraction of sp³-hybridized carbons (Fsp3) is 0.158. The first-order valence-electron chi connectivity index (χ1n) is 7.51. The van der Waals surface area contributed by atoms with E-state index in [-0.39, 0.29) is 0 Å². The fourth-order valence-electron chi connectivity index (χ4n) is 2.37. The molecule has 0 atom stereocenters. The molecular weight excluding hydrogens is 308 g/mol. The van der Waals surface area contributed by atoms with Gasteiger partial charge in [0.25, 0.3) is 0 Å². The first-order chi connectivity index (χ1) is 11.2. The normalized spacial score (nSPS) is 10.6. The Hall–Kier alpha value is -2.39. The van der Waals surface area contributed by atoms with Crippen molar-refractivity contribution in [2.75, 3.05) is 6.61 Å². The van der Waals surface area contributed by atoms with Gasteiger partial charge in [0, 0.05) is 22.2 Å². The predicted octanol–water partition coefficient (Wildman–Crippen LogP) is 5.17. The van der Waals surface area contributed by atoms with Crippen LogP contribution in [0.2, 0.25) is 5.02 Å². The lowest BCUT2D eigenvalue weighted by Gasteiger charge is -2.10. The zero-order valence-electron chi connectivity index (χ0n) is 13.1. The second kappa shape index (κ2) is 6.80. The standard InChI is InChI=1S/C19H17ClN2O/c1-3-23-18-12-17(16-7-5-4-6-13(16)2)21-19(22-18)14-8-10-15(20)11-9-14/h4-12H,3H2,1-2H3. The van der Waals surface area contributed by atoms with Gasteiger partial charge in [-0.05, 0) is 43.7 Å². The van der Waals surface area contributed by atoms with Crippen molar-refractivity contribution in [1.29, 1.82) is 0 Å². The van der Waals surface area contributed by atoms with Crippen molar-refractivity contribution < 1.29 is 4.74 Å². The van der Waals surface area contributed by atoms with Crippen molar-refractivity contribution in [2.45, 2.75) is 13.8 Å². The topological polar surface area (TPSA) is 35.0 Å². The second-order valence-corrected chi connectivity index (χ2v) is 5.61. The van der Waals surface area contributed by atoms with Gasteiger partial charge < -0.3 is 4.74 Å². The molecule has 0 bridgehead atoms. The molecule has 1 heterocycles. The van der Waals surface area contributed by atoms with Crippen molar-refractivity contribution in [1.82, 2.24) is 9.97 Å². The summed E-state index contributed by atoms with van der Waals surface area (Å²) in [6.07, 6.45) is 0. The first kappa shape index (κ1) is 15.5. The minimum absolute atomic E-state index is 0.560. The second-order valence-electron chi connectivity index (χ2n) is 5.17. The van der Waals surface area contributed by atoms with Gasteiger partial charge in [-0.15, -0.1) is 0 Å². The van der Waals surface area contributed by atoms with Gasteiger partial charge in [0.2, 0.25) is 5.88 Å². The largest absolute Gasteiger partial charge is 0.478 e. The molecule has 4 heteroatoms. The van der Waals surface area contributed by atoms with Gasteiger partial charge in [-0.2, -0.15) is 4.98 Å². The van der Waals surface area contributed by atoms with Crippen molar-refractivity contribution in [3.05, 3.63) is 65.2 Å². The van der Waals surface area contributed by atoms with Crippen LogP contribution in [0.4, 0.5) is 0 Å². The summed E-state index contributed by atoms with van der Waals surface area (Å²) in [5.74, 6) is 1.21. The zero-order chi connectivity index (χ0) is 16.2. The molecule has 3 aromatic rings. The Morgan fingerprint density at radius 2 is 1.74 bits per heavy atom. The van der Waals surface area contributed by atoms with E-state index < -0.39 is 0 Å². The summed E-state index contributed by atoms with van der Waals surface area (Å²) in [6.45, 7) is 4.57. The molecule has 0 saturated carbocycles. The van der Waals surface area contributed by atoms with Crippen LogP contribution in [0.5, 0.6) is 5.88 Å². The lowest BCUT2D eigenvalue weighted by Crippen LogP contribution is -2.00. The molecule has 0 radical (unpaired) electrons. The zero-order valence-corrected chi connectivity index (χ0v) is 13.8. The van der Waals surface area contributed by atoms with Gasteiger partial charge in [0.15, 0.2) is 5.82 Å².